The van der Waals surface area contributed by atoms with Gasteiger partial charge in [-0.2, -0.15) is 13.2 Å². The smallest absolute Gasteiger partial charge is 0.428 e. The van der Waals surface area contributed by atoms with Crippen LogP contribution in [0.2, 0.25) is 0 Å². The summed E-state index contributed by atoms with van der Waals surface area (Å²) in [5.41, 5.74) is 3.22. The van der Waals surface area contributed by atoms with E-state index < -0.39 is 17.6 Å². The van der Waals surface area contributed by atoms with Crippen molar-refractivity contribution in [1.82, 2.24) is 5.32 Å². The molecule has 0 radical (unpaired) electrons. The van der Waals surface area contributed by atoms with Gasteiger partial charge in [-0.1, -0.05) is 0 Å². The van der Waals surface area contributed by atoms with E-state index in [0.717, 1.165) is 12.1 Å². The van der Waals surface area contributed by atoms with Gasteiger partial charge in [0.25, 0.3) is 0 Å². The van der Waals surface area contributed by atoms with Crippen LogP contribution in [0.25, 0.3) is 0 Å². The fourth-order valence-electron chi connectivity index (χ4n) is 2.08. The molecule has 1 aliphatic heterocycles. The lowest BCUT2D eigenvalue weighted by molar-refractivity contribution is -0.256. The molecule has 0 spiro atoms. The Kier molecular flexibility index (Phi) is 3.58. The molecule has 1 aromatic rings. The van der Waals surface area contributed by atoms with Gasteiger partial charge in [-0.05, 0) is 25.2 Å². The van der Waals surface area contributed by atoms with Gasteiger partial charge in [0.2, 0.25) is 5.60 Å². The first-order valence-electron chi connectivity index (χ1n) is 5.86. The Morgan fingerprint density at radius 2 is 1.84 bits per heavy atom. The molecule has 3 nitrogen and oxygen atoms in total. The van der Waals surface area contributed by atoms with Crippen molar-refractivity contribution in [3.63, 3.8) is 0 Å². The average Bonchev–Trinajstić information content (AvgIpc) is 2.34. The standard InChI is InChI=1S/C12H14F4N2O/c13-8-1-2-9(17)10(7-8)19-11(12(14,15)16)3-5-18-6-4-11/h1-2,7,18H,3-6,17H2. The molecular formula is C12H14F4N2O. The van der Waals surface area contributed by atoms with E-state index >= 15 is 0 Å². The van der Waals surface area contributed by atoms with Crippen LogP contribution in [-0.2, 0) is 0 Å². The maximum absolute atomic E-state index is 13.2. The van der Waals surface area contributed by atoms with Crippen molar-refractivity contribution in [3.8, 4) is 5.75 Å². The highest BCUT2D eigenvalue weighted by atomic mass is 19.4. The highest BCUT2D eigenvalue weighted by Crippen LogP contribution is 2.42. The summed E-state index contributed by atoms with van der Waals surface area (Å²) < 4.78 is 57.9. The maximum Gasteiger partial charge on any atom is 0.428 e. The number of nitrogen functional groups attached to an aromatic ring is 1. The highest BCUT2D eigenvalue weighted by molar-refractivity contribution is 5.52. The molecule has 0 atom stereocenters. The Morgan fingerprint density at radius 3 is 2.42 bits per heavy atom. The van der Waals surface area contributed by atoms with Crippen LogP contribution in [0.3, 0.4) is 0 Å². The van der Waals surface area contributed by atoms with Crippen LogP contribution in [0, 0.1) is 5.82 Å². The zero-order valence-corrected chi connectivity index (χ0v) is 10.1. The second kappa shape index (κ2) is 4.88. The lowest BCUT2D eigenvalue weighted by Crippen LogP contribution is -2.56. The fraction of sp³-hybridized carbons (Fsp3) is 0.500. The molecule has 0 unspecified atom stereocenters. The van der Waals surface area contributed by atoms with Crippen molar-refractivity contribution < 1.29 is 22.3 Å². The summed E-state index contributed by atoms with van der Waals surface area (Å²) in [6.45, 7) is 0.378. The molecule has 106 valence electrons. The quantitative estimate of drug-likeness (QED) is 0.645. The van der Waals surface area contributed by atoms with Gasteiger partial charge in [-0.3, -0.25) is 0 Å². The molecule has 7 heteroatoms. The normalized spacial score (nSPS) is 19.2. The Bertz CT molecular complexity index is 456. The summed E-state index contributed by atoms with van der Waals surface area (Å²) >= 11 is 0. The molecule has 0 aromatic heterocycles. The van der Waals surface area contributed by atoms with Crippen LogP contribution in [-0.4, -0.2) is 24.9 Å². The fourth-order valence-corrected chi connectivity index (χ4v) is 2.08. The first kappa shape index (κ1) is 13.9. The predicted octanol–water partition coefficient (Wildman–Crippen LogP) is 2.47. The van der Waals surface area contributed by atoms with Crippen molar-refractivity contribution in [2.75, 3.05) is 18.8 Å². The Balaban J connectivity index is 2.33. The number of hydrogen-bond acceptors (Lipinski definition) is 3. The number of rotatable bonds is 2. The third-order valence-electron chi connectivity index (χ3n) is 3.21. The van der Waals surface area contributed by atoms with E-state index in [1.807, 2.05) is 0 Å². The molecule has 1 aliphatic rings. The van der Waals surface area contributed by atoms with E-state index in [1.165, 1.54) is 6.07 Å². The molecule has 3 N–H and O–H groups in total. The van der Waals surface area contributed by atoms with E-state index in [-0.39, 0.29) is 37.4 Å². The van der Waals surface area contributed by atoms with Crippen LogP contribution in [0.5, 0.6) is 5.75 Å². The van der Waals surface area contributed by atoms with Crippen LogP contribution < -0.4 is 15.8 Å². The molecule has 0 aliphatic carbocycles. The van der Waals surface area contributed by atoms with Gasteiger partial charge >= 0.3 is 6.18 Å². The van der Waals surface area contributed by atoms with Crippen molar-refractivity contribution in [1.29, 1.82) is 0 Å². The van der Waals surface area contributed by atoms with Gasteiger partial charge in [0.15, 0.2) is 0 Å². The van der Waals surface area contributed by atoms with Gasteiger partial charge in [0, 0.05) is 18.9 Å². The summed E-state index contributed by atoms with van der Waals surface area (Å²) in [4.78, 5) is 0. The number of ether oxygens (including phenoxy) is 1. The van der Waals surface area contributed by atoms with Crippen molar-refractivity contribution >= 4 is 5.69 Å². The molecule has 1 heterocycles. The van der Waals surface area contributed by atoms with E-state index in [1.54, 1.807) is 0 Å². The molecule has 0 bridgehead atoms. The third-order valence-corrected chi connectivity index (χ3v) is 3.21. The molecule has 0 saturated carbocycles. The molecule has 2 rings (SSSR count). The molecule has 1 saturated heterocycles. The van der Waals surface area contributed by atoms with E-state index in [9.17, 15) is 17.6 Å². The molecule has 1 fully saturated rings. The van der Waals surface area contributed by atoms with Crippen LogP contribution in [0.15, 0.2) is 18.2 Å². The second-order valence-corrected chi connectivity index (χ2v) is 4.53. The van der Waals surface area contributed by atoms with Gasteiger partial charge in [0.1, 0.15) is 11.6 Å². The van der Waals surface area contributed by atoms with Crippen molar-refractivity contribution in [2.45, 2.75) is 24.6 Å². The summed E-state index contributed by atoms with van der Waals surface area (Å²) in [6, 6.07) is 3.14. The zero-order chi connectivity index (χ0) is 14.1. The monoisotopic (exact) mass is 278 g/mol. The minimum atomic E-state index is -4.53. The van der Waals surface area contributed by atoms with Crippen molar-refractivity contribution in [3.05, 3.63) is 24.0 Å². The largest absolute Gasteiger partial charge is 0.475 e. The predicted molar refractivity (Wildman–Crippen MR) is 62.3 cm³/mol. The Hall–Kier alpha value is -1.50. The average molecular weight is 278 g/mol. The number of anilines is 1. The van der Waals surface area contributed by atoms with Gasteiger partial charge in [0.05, 0.1) is 5.69 Å². The number of nitrogens with two attached hydrogens (primary N) is 1. The van der Waals surface area contributed by atoms with E-state index in [0.29, 0.717) is 0 Å². The molecular weight excluding hydrogens is 264 g/mol. The summed E-state index contributed by atoms with van der Waals surface area (Å²) in [7, 11) is 0. The lowest BCUT2D eigenvalue weighted by Gasteiger charge is -2.39. The first-order chi connectivity index (χ1) is 8.84. The van der Waals surface area contributed by atoms with E-state index in [2.05, 4.69) is 5.32 Å². The number of alkyl halides is 3. The SMILES string of the molecule is Nc1ccc(F)cc1OC1(C(F)(F)F)CCNCC1. The Labute approximate surface area is 107 Å². The van der Waals surface area contributed by atoms with Gasteiger partial charge in [-0.25, -0.2) is 4.39 Å². The second-order valence-electron chi connectivity index (χ2n) is 4.53. The minimum Gasteiger partial charge on any atom is -0.475 e. The Morgan fingerprint density at radius 1 is 1.21 bits per heavy atom. The number of hydrogen-bond donors (Lipinski definition) is 2. The number of halogens is 4. The molecule has 1 aromatic carbocycles. The van der Waals surface area contributed by atoms with Crippen molar-refractivity contribution in [2.24, 2.45) is 0 Å². The molecule has 19 heavy (non-hydrogen) atoms. The van der Waals surface area contributed by atoms with Crippen LogP contribution in [0.1, 0.15) is 12.8 Å². The van der Waals surface area contributed by atoms with E-state index in [4.69, 9.17) is 10.5 Å². The minimum absolute atomic E-state index is 0.0106. The topological polar surface area (TPSA) is 47.3 Å². The first-order valence-corrected chi connectivity index (χ1v) is 5.86. The molecule has 0 amide bonds. The zero-order valence-electron chi connectivity index (χ0n) is 10.1. The summed E-state index contributed by atoms with van der Waals surface area (Å²) in [5, 5.41) is 2.84. The van der Waals surface area contributed by atoms with Crippen LogP contribution >= 0.6 is 0 Å². The number of benzene rings is 1. The third kappa shape index (κ3) is 2.75. The maximum atomic E-state index is 13.2. The summed E-state index contributed by atoms with van der Waals surface area (Å²) in [6.07, 6.45) is -4.99. The van der Waals surface area contributed by atoms with Gasteiger partial charge in [-0.15, -0.1) is 0 Å². The van der Waals surface area contributed by atoms with Crippen LogP contribution in [0.4, 0.5) is 23.2 Å². The highest BCUT2D eigenvalue weighted by Gasteiger charge is 2.57. The number of piperidine rings is 1. The summed E-state index contributed by atoms with van der Waals surface area (Å²) in [5.74, 6) is -0.949. The lowest BCUT2D eigenvalue weighted by atomic mass is 9.91. The number of nitrogens with one attached hydrogen (secondary N) is 1. The van der Waals surface area contributed by atoms with Gasteiger partial charge < -0.3 is 15.8 Å².